The van der Waals surface area contributed by atoms with Crippen LogP contribution >= 0.6 is 27.5 Å². The summed E-state index contributed by atoms with van der Waals surface area (Å²) in [5.41, 5.74) is 0.317. The van der Waals surface area contributed by atoms with Crippen LogP contribution < -0.4 is 5.32 Å². The van der Waals surface area contributed by atoms with Crippen molar-refractivity contribution in [1.29, 1.82) is 0 Å². The number of halogens is 2. The third-order valence-corrected chi connectivity index (χ3v) is 2.87. The summed E-state index contributed by atoms with van der Waals surface area (Å²) in [6.07, 6.45) is 8.50. The molecule has 0 aliphatic carbocycles. The van der Waals surface area contributed by atoms with E-state index in [1.165, 1.54) is 6.20 Å². The van der Waals surface area contributed by atoms with E-state index in [0.29, 0.717) is 10.0 Å². The molecule has 17 heavy (non-hydrogen) atoms. The molecule has 3 nitrogen and oxygen atoms in total. The molecule has 1 aromatic heterocycles. The molecule has 0 aromatic carbocycles. The van der Waals surface area contributed by atoms with E-state index in [0.717, 1.165) is 12.8 Å². The summed E-state index contributed by atoms with van der Waals surface area (Å²) < 4.78 is 0.694. The largest absolute Gasteiger partial charge is 0.338 e. The number of nitrogens with zero attached hydrogens (tertiary/aromatic N) is 1. The lowest BCUT2D eigenvalue weighted by Crippen LogP contribution is -2.33. The van der Waals surface area contributed by atoms with Crippen molar-refractivity contribution in [1.82, 2.24) is 10.3 Å². The van der Waals surface area contributed by atoms with Gasteiger partial charge in [-0.3, -0.25) is 4.79 Å². The Bertz CT molecular complexity index is 456. The van der Waals surface area contributed by atoms with E-state index in [1.807, 2.05) is 6.92 Å². The van der Waals surface area contributed by atoms with Gasteiger partial charge in [0.2, 0.25) is 0 Å². The van der Waals surface area contributed by atoms with Crippen LogP contribution in [0.25, 0.3) is 0 Å². The maximum absolute atomic E-state index is 11.9. The minimum Gasteiger partial charge on any atom is -0.338 e. The van der Waals surface area contributed by atoms with Crippen LogP contribution in [0.2, 0.25) is 5.15 Å². The average Bonchev–Trinajstić information content (AvgIpc) is 2.31. The van der Waals surface area contributed by atoms with Crippen molar-refractivity contribution in [3.63, 3.8) is 0 Å². The molecule has 90 valence electrons. The summed E-state index contributed by atoms with van der Waals surface area (Å²) in [7, 11) is 0. The topological polar surface area (TPSA) is 42.0 Å². The quantitative estimate of drug-likeness (QED) is 0.685. The summed E-state index contributed by atoms with van der Waals surface area (Å²) in [5, 5.41) is 2.90. The van der Waals surface area contributed by atoms with Gasteiger partial charge in [-0.15, -0.1) is 6.42 Å². The smallest absolute Gasteiger partial charge is 0.255 e. The van der Waals surface area contributed by atoms with E-state index in [2.05, 4.69) is 32.2 Å². The van der Waals surface area contributed by atoms with Crippen LogP contribution in [0, 0.1) is 12.3 Å². The zero-order valence-corrected chi connectivity index (χ0v) is 11.7. The lowest BCUT2D eigenvalue weighted by molar-refractivity contribution is 0.0944. The molecule has 1 rings (SSSR count). The molecule has 1 atom stereocenters. The summed E-state index contributed by atoms with van der Waals surface area (Å²) in [6.45, 7) is 2.00. The zero-order valence-electron chi connectivity index (χ0n) is 9.34. The molecule has 1 amide bonds. The first-order chi connectivity index (χ1) is 8.08. The number of rotatable bonds is 4. The monoisotopic (exact) mass is 314 g/mol. The number of carbonyl (C=O) groups excluding carboxylic acids is 1. The number of terminal acetylenes is 1. The molecule has 0 saturated heterocycles. The first-order valence-corrected chi connectivity index (χ1v) is 6.33. The molecule has 1 unspecified atom stereocenters. The number of carbonyl (C=O) groups is 1. The SMILES string of the molecule is C#CC(CCC)NC(=O)c1cc(Br)cnc1Cl. The van der Waals surface area contributed by atoms with Crippen LogP contribution in [0.15, 0.2) is 16.7 Å². The Balaban J connectivity index is 2.83. The normalized spacial score (nSPS) is 11.6. The lowest BCUT2D eigenvalue weighted by Gasteiger charge is -2.12. The van der Waals surface area contributed by atoms with E-state index < -0.39 is 0 Å². The van der Waals surface area contributed by atoms with E-state index in [1.54, 1.807) is 6.07 Å². The number of nitrogens with one attached hydrogen (secondary N) is 1. The highest BCUT2D eigenvalue weighted by molar-refractivity contribution is 9.10. The number of aromatic nitrogens is 1. The van der Waals surface area contributed by atoms with Crippen molar-refractivity contribution in [2.45, 2.75) is 25.8 Å². The van der Waals surface area contributed by atoms with Crippen LogP contribution in [0.5, 0.6) is 0 Å². The predicted octanol–water partition coefficient (Wildman–Crippen LogP) is 3.03. The predicted molar refractivity (Wildman–Crippen MR) is 71.9 cm³/mol. The maximum Gasteiger partial charge on any atom is 0.255 e. The molecule has 0 spiro atoms. The lowest BCUT2D eigenvalue weighted by atomic mass is 10.1. The highest BCUT2D eigenvalue weighted by Gasteiger charge is 2.15. The second-order valence-corrected chi connectivity index (χ2v) is 4.75. The Morgan fingerprint density at radius 3 is 3.06 bits per heavy atom. The molecule has 1 aromatic rings. The van der Waals surface area contributed by atoms with Gasteiger partial charge in [-0.25, -0.2) is 4.98 Å². The van der Waals surface area contributed by atoms with Crippen LogP contribution in [0.3, 0.4) is 0 Å². The molecule has 5 heteroatoms. The van der Waals surface area contributed by atoms with Crippen LogP contribution in [-0.4, -0.2) is 16.9 Å². The van der Waals surface area contributed by atoms with Gasteiger partial charge in [0, 0.05) is 10.7 Å². The third-order valence-electron chi connectivity index (χ3n) is 2.13. The fourth-order valence-corrected chi connectivity index (χ4v) is 1.82. The molecule has 1 heterocycles. The Labute approximate surface area is 114 Å². The summed E-state index contributed by atoms with van der Waals surface area (Å²) >= 11 is 9.09. The van der Waals surface area contributed by atoms with Crippen LogP contribution in [-0.2, 0) is 0 Å². The second kappa shape index (κ2) is 6.63. The van der Waals surface area contributed by atoms with Crippen molar-refractivity contribution in [2.24, 2.45) is 0 Å². The maximum atomic E-state index is 11.9. The fourth-order valence-electron chi connectivity index (χ4n) is 1.30. The van der Waals surface area contributed by atoms with Gasteiger partial charge in [-0.05, 0) is 28.4 Å². The molecule has 1 N–H and O–H groups in total. The Morgan fingerprint density at radius 1 is 1.76 bits per heavy atom. The van der Waals surface area contributed by atoms with Gasteiger partial charge >= 0.3 is 0 Å². The Hall–Kier alpha value is -1.05. The number of amides is 1. The van der Waals surface area contributed by atoms with Gasteiger partial charge in [0.25, 0.3) is 5.91 Å². The van der Waals surface area contributed by atoms with Gasteiger partial charge in [-0.1, -0.05) is 30.9 Å². The minimum absolute atomic E-state index is 0.165. The highest BCUT2D eigenvalue weighted by atomic mass is 79.9. The molecule has 0 radical (unpaired) electrons. The number of hydrogen-bond donors (Lipinski definition) is 1. The van der Waals surface area contributed by atoms with Crippen molar-refractivity contribution >= 4 is 33.4 Å². The molecular weight excluding hydrogens is 304 g/mol. The molecule has 0 aliphatic rings. The van der Waals surface area contributed by atoms with E-state index in [9.17, 15) is 4.79 Å². The van der Waals surface area contributed by atoms with Gasteiger partial charge in [0.05, 0.1) is 11.6 Å². The van der Waals surface area contributed by atoms with Crippen molar-refractivity contribution in [2.75, 3.05) is 0 Å². The summed E-state index contributed by atoms with van der Waals surface area (Å²) in [4.78, 5) is 15.8. The first kappa shape index (κ1) is 14.0. The molecular formula is C12H12BrClN2O. The van der Waals surface area contributed by atoms with Crippen LogP contribution in [0.1, 0.15) is 30.1 Å². The van der Waals surface area contributed by atoms with Crippen molar-refractivity contribution < 1.29 is 4.79 Å². The van der Waals surface area contributed by atoms with Gasteiger partial charge < -0.3 is 5.32 Å². The Kier molecular flexibility index (Phi) is 5.46. The van der Waals surface area contributed by atoms with Gasteiger partial charge in [0.15, 0.2) is 0 Å². The third kappa shape index (κ3) is 4.03. The van der Waals surface area contributed by atoms with Crippen molar-refractivity contribution in [3.05, 3.63) is 27.5 Å². The standard InChI is InChI=1S/C12H12BrClN2O/c1-3-5-9(4-2)16-12(17)10-6-8(13)7-15-11(10)14/h2,6-7,9H,3,5H2,1H3,(H,16,17). The highest BCUT2D eigenvalue weighted by Crippen LogP contribution is 2.18. The average molecular weight is 316 g/mol. The molecule has 0 bridgehead atoms. The minimum atomic E-state index is -0.305. The van der Waals surface area contributed by atoms with E-state index in [-0.39, 0.29) is 17.1 Å². The molecule has 0 saturated carbocycles. The number of pyridine rings is 1. The molecule has 0 aliphatic heterocycles. The first-order valence-electron chi connectivity index (χ1n) is 5.16. The Morgan fingerprint density at radius 2 is 2.47 bits per heavy atom. The van der Waals surface area contributed by atoms with Gasteiger partial charge in [0.1, 0.15) is 5.15 Å². The fraction of sp³-hybridized carbons (Fsp3) is 0.333. The van der Waals surface area contributed by atoms with Gasteiger partial charge in [-0.2, -0.15) is 0 Å². The van der Waals surface area contributed by atoms with Crippen LogP contribution in [0.4, 0.5) is 0 Å². The van der Waals surface area contributed by atoms with E-state index in [4.69, 9.17) is 18.0 Å². The zero-order chi connectivity index (χ0) is 12.8. The molecule has 0 fully saturated rings. The summed E-state index contributed by atoms with van der Waals surface area (Å²) in [5.74, 6) is 2.23. The second-order valence-electron chi connectivity index (χ2n) is 3.47. The van der Waals surface area contributed by atoms with Crippen molar-refractivity contribution in [3.8, 4) is 12.3 Å². The van der Waals surface area contributed by atoms with E-state index >= 15 is 0 Å². The summed E-state index contributed by atoms with van der Waals surface area (Å²) in [6, 6.07) is 1.34. The number of hydrogen-bond acceptors (Lipinski definition) is 2.